The minimum absolute atomic E-state index is 0.0231. The van der Waals surface area contributed by atoms with Crippen molar-refractivity contribution in [3.8, 4) is 0 Å². The maximum atomic E-state index is 11.8. The summed E-state index contributed by atoms with van der Waals surface area (Å²) in [6, 6.07) is 0.327. The molecule has 3 N–H and O–H groups in total. The Labute approximate surface area is 113 Å². The van der Waals surface area contributed by atoms with Crippen LogP contribution in [-0.2, 0) is 4.79 Å². The summed E-state index contributed by atoms with van der Waals surface area (Å²) in [7, 11) is 4.07. The van der Waals surface area contributed by atoms with Gasteiger partial charge < -0.3 is 25.3 Å². The van der Waals surface area contributed by atoms with E-state index in [9.17, 15) is 9.59 Å². The third kappa shape index (κ3) is 5.04. The number of rotatable bonds is 5. The largest absolute Gasteiger partial charge is 0.479 e. The molecule has 19 heavy (non-hydrogen) atoms. The maximum Gasteiger partial charge on any atom is 0.332 e. The molecule has 1 heterocycles. The third-order valence-corrected chi connectivity index (χ3v) is 3.46. The van der Waals surface area contributed by atoms with Crippen LogP contribution in [0.25, 0.3) is 0 Å². The van der Waals surface area contributed by atoms with Crippen LogP contribution in [0.1, 0.15) is 19.3 Å². The number of nitrogens with zero attached hydrogens (tertiary/aromatic N) is 2. The van der Waals surface area contributed by atoms with Crippen molar-refractivity contribution in [2.24, 2.45) is 0 Å². The van der Waals surface area contributed by atoms with Gasteiger partial charge in [0.1, 0.15) is 0 Å². The molecule has 1 aliphatic heterocycles. The normalized spacial score (nSPS) is 18.4. The molecule has 0 spiro atoms. The van der Waals surface area contributed by atoms with E-state index in [-0.39, 0.29) is 19.0 Å². The zero-order chi connectivity index (χ0) is 14.4. The molecule has 0 bridgehead atoms. The Hall–Kier alpha value is -1.34. The molecule has 1 aliphatic rings. The first-order valence-electron chi connectivity index (χ1n) is 6.52. The monoisotopic (exact) mass is 273 g/mol. The van der Waals surface area contributed by atoms with Gasteiger partial charge in [0, 0.05) is 32.1 Å². The van der Waals surface area contributed by atoms with Crippen LogP contribution in [0.2, 0.25) is 0 Å². The number of piperidine rings is 1. The van der Waals surface area contributed by atoms with Crippen LogP contribution in [-0.4, -0.2) is 77.9 Å². The molecular formula is C12H23N3O4. The molecule has 7 nitrogen and oxygen atoms in total. The molecule has 1 atom stereocenters. The van der Waals surface area contributed by atoms with Crippen LogP contribution in [0.3, 0.4) is 0 Å². The standard InChI is InChI=1S/C12H23N3O4/c1-14(2)9-4-7-15(8-5-9)12(19)13-6-3-10(16)11(17)18/h9-10,16H,3-8H2,1-2H3,(H,13,19)(H,17,18). The molecule has 1 rings (SSSR count). The van der Waals surface area contributed by atoms with E-state index in [1.165, 1.54) is 0 Å². The molecule has 110 valence electrons. The van der Waals surface area contributed by atoms with Crippen molar-refractivity contribution >= 4 is 12.0 Å². The van der Waals surface area contributed by atoms with Crippen LogP contribution >= 0.6 is 0 Å². The lowest BCUT2D eigenvalue weighted by Gasteiger charge is -2.35. The van der Waals surface area contributed by atoms with E-state index in [2.05, 4.69) is 10.2 Å². The van der Waals surface area contributed by atoms with Crippen molar-refractivity contribution in [2.45, 2.75) is 31.4 Å². The lowest BCUT2D eigenvalue weighted by Crippen LogP contribution is -2.48. The summed E-state index contributed by atoms with van der Waals surface area (Å²) in [4.78, 5) is 26.1. The van der Waals surface area contributed by atoms with Gasteiger partial charge in [-0.15, -0.1) is 0 Å². The lowest BCUT2D eigenvalue weighted by molar-refractivity contribution is -0.146. The van der Waals surface area contributed by atoms with E-state index in [1.807, 2.05) is 14.1 Å². The Balaban J connectivity index is 2.23. The molecule has 7 heteroatoms. The van der Waals surface area contributed by atoms with Gasteiger partial charge in [-0.3, -0.25) is 0 Å². The van der Waals surface area contributed by atoms with Gasteiger partial charge >= 0.3 is 12.0 Å². The van der Waals surface area contributed by atoms with Crippen molar-refractivity contribution in [1.29, 1.82) is 0 Å². The molecule has 0 aromatic rings. The van der Waals surface area contributed by atoms with Crippen molar-refractivity contribution in [3.05, 3.63) is 0 Å². The highest BCUT2D eigenvalue weighted by Gasteiger charge is 2.23. The van der Waals surface area contributed by atoms with Crippen molar-refractivity contribution in [1.82, 2.24) is 15.1 Å². The van der Waals surface area contributed by atoms with E-state index >= 15 is 0 Å². The fourth-order valence-corrected chi connectivity index (χ4v) is 2.14. The molecule has 1 fully saturated rings. The Kier molecular flexibility index (Phi) is 6.04. The fourth-order valence-electron chi connectivity index (χ4n) is 2.14. The molecule has 0 aromatic heterocycles. The highest BCUT2D eigenvalue weighted by atomic mass is 16.4. The Bertz CT molecular complexity index is 314. The van der Waals surface area contributed by atoms with Crippen LogP contribution in [0.5, 0.6) is 0 Å². The number of aliphatic carboxylic acids is 1. The number of aliphatic hydroxyl groups is 1. The van der Waals surface area contributed by atoms with Gasteiger partial charge in [0.2, 0.25) is 0 Å². The van der Waals surface area contributed by atoms with Crippen molar-refractivity contribution in [3.63, 3.8) is 0 Å². The van der Waals surface area contributed by atoms with E-state index in [0.717, 1.165) is 12.8 Å². The second-order valence-corrected chi connectivity index (χ2v) is 5.06. The number of urea groups is 1. The molecule has 1 saturated heterocycles. The number of likely N-dealkylation sites (tertiary alicyclic amines) is 1. The van der Waals surface area contributed by atoms with E-state index in [0.29, 0.717) is 19.1 Å². The average molecular weight is 273 g/mol. The summed E-state index contributed by atoms with van der Waals surface area (Å²) in [6.07, 6.45) is 0.491. The number of hydrogen-bond acceptors (Lipinski definition) is 4. The smallest absolute Gasteiger partial charge is 0.332 e. The first kappa shape index (κ1) is 15.7. The zero-order valence-corrected chi connectivity index (χ0v) is 11.5. The van der Waals surface area contributed by atoms with Crippen molar-refractivity contribution in [2.75, 3.05) is 33.7 Å². The minimum Gasteiger partial charge on any atom is -0.479 e. The van der Waals surface area contributed by atoms with Gasteiger partial charge in [0.15, 0.2) is 6.10 Å². The molecule has 0 aromatic carbocycles. The average Bonchev–Trinajstić information content (AvgIpc) is 2.38. The first-order chi connectivity index (χ1) is 8.91. The molecular weight excluding hydrogens is 250 g/mol. The minimum atomic E-state index is -1.42. The number of amides is 2. The number of carboxylic acid groups (broad SMARTS) is 1. The van der Waals surface area contributed by atoms with Gasteiger partial charge in [0.25, 0.3) is 0 Å². The molecule has 0 radical (unpaired) electrons. The van der Waals surface area contributed by atoms with Crippen molar-refractivity contribution < 1.29 is 19.8 Å². The number of hydrogen-bond donors (Lipinski definition) is 3. The summed E-state index contributed by atoms with van der Waals surface area (Å²) >= 11 is 0. The summed E-state index contributed by atoms with van der Waals surface area (Å²) in [5, 5.41) is 20.2. The number of aliphatic hydroxyl groups excluding tert-OH is 1. The van der Waals surface area contributed by atoms with Crippen LogP contribution in [0, 0.1) is 0 Å². The maximum absolute atomic E-state index is 11.8. The fraction of sp³-hybridized carbons (Fsp3) is 0.833. The van der Waals surface area contributed by atoms with Crippen LogP contribution in [0.4, 0.5) is 4.79 Å². The first-order valence-corrected chi connectivity index (χ1v) is 6.52. The molecule has 2 amide bonds. The summed E-state index contributed by atoms with van der Waals surface area (Å²) < 4.78 is 0. The van der Waals surface area contributed by atoms with Gasteiger partial charge in [-0.2, -0.15) is 0 Å². The van der Waals surface area contributed by atoms with E-state index in [4.69, 9.17) is 10.2 Å². The second-order valence-electron chi connectivity index (χ2n) is 5.06. The number of carbonyl (C=O) groups excluding carboxylic acids is 1. The zero-order valence-electron chi connectivity index (χ0n) is 11.5. The molecule has 0 aliphatic carbocycles. The summed E-state index contributed by atoms with van der Waals surface area (Å²) in [5.41, 5.74) is 0. The molecule has 1 unspecified atom stereocenters. The predicted molar refractivity (Wildman–Crippen MR) is 69.9 cm³/mol. The number of nitrogens with one attached hydrogen (secondary N) is 1. The van der Waals surface area contributed by atoms with Gasteiger partial charge in [-0.1, -0.05) is 0 Å². The van der Waals surface area contributed by atoms with E-state index in [1.54, 1.807) is 4.90 Å². The van der Waals surface area contributed by atoms with Gasteiger partial charge in [-0.05, 0) is 26.9 Å². The SMILES string of the molecule is CN(C)C1CCN(C(=O)NCCC(O)C(=O)O)CC1. The van der Waals surface area contributed by atoms with E-state index < -0.39 is 12.1 Å². The second kappa shape index (κ2) is 7.30. The third-order valence-electron chi connectivity index (χ3n) is 3.46. The number of carbonyl (C=O) groups is 2. The summed E-state index contributed by atoms with van der Waals surface area (Å²) in [6.45, 7) is 1.58. The number of carboxylic acids is 1. The van der Waals surface area contributed by atoms with Crippen LogP contribution < -0.4 is 5.32 Å². The molecule has 0 saturated carbocycles. The summed E-state index contributed by atoms with van der Waals surface area (Å²) in [5.74, 6) is -1.26. The van der Waals surface area contributed by atoms with Gasteiger partial charge in [0.05, 0.1) is 0 Å². The Morgan fingerprint density at radius 1 is 1.37 bits per heavy atom. The van der Waals surface area contributed by atoms with Gasteiger partial charge in [-0.25, -0.2) is 9.59 Å². The Morgan fingerprint density at radius 2 is 1.95 bits per heavy atom. The highest BCUT2D eigenvalue weighted by molar-refractivity contribution is 5.74. The predicted octanol–water partition coefficient (Wildman–Crippen LogP) is -0.442. The topological polar surface area (TPSA) is 93.1 Å². The quantitative estimate of drug-likeness (QED) is 0.631. The highest BCUT2D eigenvalue weighted by Crippen LogP contribution is 2.13. The van der Waals surface area contributed by atoms with Crippen LogP contribution in [0.15, 0.2) is 0 Å². The Morgan fingerprint density at radius 3 is 2.42 bits per heavy atom. The lowest BCUT2D eigenvalue weighted by atomic mass is 10.0.